The number of amides is 3. The number of aromatic nitrogens is 2. The normalized spacial score (nSPS) is 20.3. The first-order chi connectivity index (χ1) is 18.0. The van der Waals surface area contributed by atoms with Crippen molar-refractivity contribution in [3.8, 4) is 11.3 Å². The Balaban J connectivity index is 1.52. The molecule has 2 aromatic carbocycles. The fourth-order valence-electron chi connectivity index (χ4n) is 5.32. The van der Waals surface area contributed by atoms with Crippen molar-refractivity contribution >= 4 is 17.9 Å². The highest BCUT2D eigenvalue weighted by Crippen LogP contribution is 2.31. The molecular weight excluding hydrogens is 470 g/mol. The van der Waals surface area contributed by atoms with Crippen molar-refractivity contribution in [2.75, 3.05) is 26.2 Å². The predicted molar refractivity (Wildman–Crippen MR) is 138 cm³/mol. The number of piperazine rings is 1. The maximum atomic E-state index is 14.1. The average molecular weight is 502 g/mol. The topological polar surface area (TPSA) is 108 Å². The Morgan fingerprint density at radius 2 is 1.73 bits per heavy atom. The van der Waals surface area contributed by atoms with Crippen LogP contribution in [-0.2, 0) is 11.2 Å². The molecule has 9 nitrogen and oxygen atoms in total. The predicted octanol–water partition coefficient (Wildman–Crippen LogP) is 3.44. The summed E-state index contributed by atoms with van der Waals surface area (Å²) in [6, 6.07) is 18.5. The molecule has 0 aliphatic carbocycles. The SMILES string of the molecule is O=C1NCCCCC1n1cnc(C(=O)N2CCN(C(=O)O)C[C@H]2Cc2ccccc2)c1-c1ccccc1. The fourth-order valence-corrected chi connectivity index (χ4v) is 5.32. The van der Waals surface area contributed by atoms with Crippen LogP contribution >= 0.6 is 0 Å². The van der Waals surface area contributed by atoms with Crippen LogP contribution < -0.4 is 5.32 Å². The molecule has 1 aromatic heterocycles. The number of benzene rings is 2. The molecule has 0 bridgehead atoms. The van der Waals surface area contributed by atoms with E-state index in [1.165, 1.54) is 4.90 Å². The second kappa shape index (κ2) is 10.9. The van der Waals surface area contributed by atoms with Gasteiger partial charge in [-0.15, -0.1) is 0 Å². The van der Waals surface area contributed by atoms with Crippen LogP contribution in [0.4, 0.5) is 4.79 Å². The van der Waals surface area contributed by atoms with E-state index in [0.29, 0.717) is 25.1 Å². The van der Waals surface area contributed by atoms with Crippen LogP contribution in [0.1, 0.15) is 41.4 Å². The van der Waals surface area contributed by atoms with Gasteiger partial charge < -0.3 is 24.8 Å². The number of carbonyl (C=O) groups excluding carboxylic acids is 2. The Morgan fingerprint density at radius 1 is 1.00 bits per heavy atom. The first-order valence-electron chi connectivity index (χ1n) is 12.8. The lowest BCUT2D eigenvalue weighted by atomic mass is 10.0. The van der Waals surface area contributed by atoms with E-state index >= 15 is 0 Å². The third-order valence-corrected chi connectivity index (χ3v) is 7.21. The highest BCUT2D eigenvalue weighted by Gasteiger charge is 2.36. The van der Waals surface area contributed by atoms with Gasteiger partial charge in [0.25, 0.3) is 5.91 Å². The molecule has 2 aliphatic heterocycles. The van der Waals surface area contributed by atoms with Crippen molar-refractivity contribution < 1.29 is 19.5 Å². The van der Waals surface area contributed by atoms with E-state index in [2.05, 4.69) is 10.3 Å². The van der Waals surface area contributed by atoms with Gasteiger partial charge in [0.15, 0.2) is 5.69 Å². The molecule has 2 atom stereocenters. The van der Waals surface area contributed by atoms with Gasteiger partial charge >= 0.3 is 6.09 Å². The van der Waals surface area contributed by atoms with Gasteiger partial charge in [-0.3, -0.25) is 9.59 Å². The van der Waals surface area contributed by atoms with Crippen LogP contribution in [0.25, 0.3) is 11.3 Å². The highest BCUT2D eigenvalue weighted by molar-refractivity contribution is 5.99. The second-order valence-electron chi connectivity index (χ2n) is 9.59. The van der Waals surface area contributed by atoms with E-state index in [9.17, 15) is 19.5 Å². The minimum absolute atomic E-state index is 0.0666. The monoisotopic (exact) mass is 501 g/mol. The molecule has 2 N–H and O–H groups in total. The van der Waals surface area contributed by atoms with Crippen LogP contribution in [0.5, 0.6) is 0 Å². The number of carbonyl (C=O) groups is 3. The first-order valence-corrected chi connectivity index (χ1v) is 12.8. The lowest BCUT2D eigenvalue weighted by molar-refractivity contribution is -0.124. The van der Waals surface area contributed by atoms with Gasteiger partial charge in [-0.1, -0.05) is 60.7 Å². The Labute approximate surface area is 215 Å². The fraction of sp³-hybridized carbons (Fsp3) is 0.357. The van der Waals surface area contributed by atoms with E-state index in [1.807, 2.05) is 65.2 Å². The minimum atomic E-state index is -0.987. The van der Waals surface area contributed by atoms with Crippen molar-refractivity contribution in [1.29, 1.82) is 0 Å². The summed E-state index contributed by atoms with van der Waals surface area (Å²) < 4.78 is 1.84. The molecule has 2 fully saturated rings. The van der Waals surface area contributed by atoms with Crippen LogP contribution in [0.2, 0.25) is 0 Å². The van der Waals surface area contributed by atoms with Crippen LogP contribution in [0, 0.1) is 0 Å². The van der Waals surface area contributed by atoms with Crippen molar-refractivity contribution in [2.24, 2.45) is 0 Å². The molecule has 2 saturated heterocycles. The van der Waals surface area contributed by atoms with Gasteiger partial charge in [0, 0.05) is 31.7 Å². The molecule has 2 aliphatic rings. The lowest BCUT2D eigenvalue weighted by Crippen LogP contribution is -2.57. The van der Waals surface area contributed by atoms with E-state index in [4.69, 9.17) is 0 Å². The molecule has 9 heteroatoms. The zero-order valence-electron chi connectivity index (χ0n) is 20.6. The summed E-state index contributed by atoms with van der Waals surface area (Å²) >= 11 is 0. The van der Waals surface area contributed by atoms with E-state index in [-0.39, 0.29) is 43.2 Å². The molecule has 3 aromatic rings. The maximum absolute atomic E-state index is 14.1. The highest BCUT2D eigenvalue weighted by atomic mass is 16.4. The maximum Gasteiger partial charge on any atom is 0.407 e. The Kier molecular flexibility index (Phi) is 7.20. The molecule has 0 radical (unpaired) electrons. The molecule has 0 saturated carbocycles. The van der Waals surface area contributed by atoms with Crippen LogP contribution in [0.3, 0.4) is 0 Å². The molecule has 5 rings (SSSR count). The third-order valence-electron chi connectivity index (χ3n) is 7.21. The van der Waals surface area contributed by atoms with Gasteiger partial charge in [0.1, 0.15) is 6.04 Å². The van der Waals surface area contributed by atoms with Crippen molar-refractivity contribution in [1.82, 2.24) is 24.7 Å². The molecule has 0 spiro atoms. The summed E-state index contributed by atoms with van der Waals surface area (Å²) in [4.78, 5) is 46.4. The largest absolute Gasteiger partial charge is 0.465 e. The number of rotatable bonds is 5. The molecule has 1 unspecified atom stereocenters. The van der Waals surface area contributed by atoms with Crippen molar-refractivity contribution in [3.05, 3.63) is 78.2 Å². The van der Waals surface area contributed by atoms with E-state index in [0.717, 1.165) is 24.0 Å². The summed E-state index contributed by atoms with van der Waals surface area (Å²) in [6.45, 7) is 1.38. The number of nitrogens with one attached hydrogen (secondary N) is 1. The summed E-state index contributed by atoms with van der Waals surface area (Å²) in [5.41, 5.74) is 2.74. The average Bonchev–Trinajstić information content (AvgIpc) is 3.24. The van der Waals surface area contributed by atoms with Gasteiger partial charge in [0.2, 0.25) is 5.91 Å². The first kappa shape index (κ1) is 24.5. The lowest BCUT2D eigenvalue weighted by Gasteiger charge is -2.40. The van der Waals surface area contributed by atoms with Crippen molar-refractivity contribution in [3.63, 3.8) is 0 Å². The Bertz CT molecular complexity index is 1260. The Hall–Kier alpha value is -4.14. The number of carboxylic acid groups (broad SMARTS) is 1. The smallest absolute Gasteiger partial charge is 0.407 e. The molecule has 3 amide bonds. The summed E-state index contributed by atoms with van der Waals surface area (Å²) in [6.07, 6.45) is 3.63. The van der Waals surface area contributed by atoms with Gasteiger partial charge in [0.05, 0.1) is 18.1 Å². The number of hydrogen-bond donors (Lipinski definition) is 2. The van der Waals surface area contributed by atoms with E-state index in [1.54, 1.807) is 11.2 Å². The summed E-state index contributed by atoms with van der Waals surface area (Å²) in [5, 5.41) is 12.6. The van der Waals surface area contributed by atoms with E-state index < -0.39 is 12.1 Å². The summed E-state index contributed by atoms with van der Waals surface area (Å²) in [5.74, 6) is -0.319. The zero-order chi connectivity index (χ0) is 25.8. The minimum Gasteiger partial charge on any atom is -0.465 e. The zero-order valence-corrected chi connectivity index (χ0v) is 20.6. The second-order valence-corrected chi connectivity index (χ2v) is 9.59. The molecule has 37 heavy (non-hydrogen) atoms. The number of hydrogen-bond acceptors (Lipinski definition) is 4. The van der Waals surface area contributed by atoms with Gasteiger partial charge in [-0.25, -0.2) is 9.78 Å². The number of nitrogens with zero attached hydrogens (tertiary/aromatic N) is 4. The summed E-state index contributed by atoms with van der Waals surface area (Å²) in [7, 11) is 0. The molecule has 3 heterocycles. The van der Waals surface area contributed by atoms with Crippen LogP contribution in [0.15, 0.2) is 67.0 Å². The van der Waals surface area contributed by atoms with Crippen LogP contribution in [-0.4, -0.2) is 74.6 Å². The number of imidazole rings is 1. The van der Waals surface area contributed by atoms with Gasteiger partial charge in [-0.05, 0) is 31.2 Å². The van der Waals surface area contributed by atoms with Crippen molar-refractivity contribution in [2.45, 2.75) is 37.8 Å². The standard InChI is InChI=1S/C28H31N5O4/c34-26-23(13-7-8-14-29-26)33-19-30-24(25(33)21-11-5-2-6-12-21)27(35)32-16-15-31(28(36)37)18-22(32)17-20-9-3-1-4-10-20/h1-6,9-12,19,22-23H,7-8,13-18H2,(H,29,34)(H,36,37)/t22-,23?/m1/s1. The van der Waals surface area contributed by atoms with Gasteiger partial charge in [-0.2, -0.15) is 0 Å². The molecule has 192 valence electrons. The third kappa shape index (κ3) is 5.21. The molecular formula is C28H31N5O4. The Morgan fingerprint density at radius 3 is 2.46 bits per heavy atom. The quantitative estimate of drug-likeness (QED) is 0.557.